The molecule has 5 nitrogen and oxygen atoms in total. The van der Waals surface area contributed by atoms with Crippen LogP contribution < -0.4 is 10.2 Å². The van der Waals surface area contributed by atoms with Crippen molar-refractivity contribution in [2.45, 2.75) is 46.1 Å². The topological polar surface area (TPSA) is 46.6 Å². The Bertz CT molecular complexity index is 690. The molecular formula is C20H29N3O2S. The lowest BCUT2D eigenvalue weighted by atomic mass is 10.1. The zero-order chi connectivity index (χ0) is 18.4. The van der Waals surface area contributed by atoms with Gasteiger partial charge in [-0.15, -0.1) is 11.3 Å². The molecule has 0 spiro atoms. The Balaban J connectivity index is 1.46. The predicted molar refractivity (Wildman–Crippen MR) is 107 cm³/mol. The molecule has 2 heterocycles. The van der Waals surface area contributed by atoms with Gasteiger partial charge in [-0.1, -0.05) is 24.3 Å². The third-order valence-corrected chi connectivity index (χ3v) is 5.17. The van der Waals surface area contributed by atoms with Crippen molar-refractivity contribution in [3.05, 3.63) is 46.5 Å². The molecule has 0 bridgehead atoms. The van der Waals surface area contributed by atoms with E-state index in [2.05, 4.69) is 60.2 Å². The zero-order valence-corrected chi connectivity index (χ0v) is 16.8. The molecule has 1 fully saturated rings. The molecule has 6 heteroatoms. The Labute approximate surface area is 160 Å². The van der Waals surface area contributed by atoms with Gasteiger partial charge in [0.2, 0.25) is 0 Å². The van der Waals surface area contributed by atoms with Gasteiger partial charge in [-0.25, -0.2) is 4.98 Å². The molecule has 1 N–H and O–H groups in total. The molecule has 142 valence electrons. The van der Waals surface area contributed by atoms with E-state index in [9.17, 15) is 0 Å². The molecular weight excluding hydrogens is 346 g/mol. The predicted octanol–water partition coefficient (Wildman–Crippen LogP) is 3.58. The fourth-order valence-electron chi connectivity index (χ4n) is 2.74. The summed E-state index contributed by atoms with van der Waals surface area (Å²) < 4.78 is 11.3. The summed E-state index contributed by atoms with van der Waals surface area (Å²) in [7, 11) is 0. The van der Waals surface area contributed by atoms with Crippen LogP contribution in [0.1, 0.15) is 36.8 Å². The third kappa shape index (κ3) is 6.06. The molecule has 0 atom stereocenters. The monoisotopic (exact) mass is 375 g/mol. The molecule has 1 saturated heterocycles. The second kappa shape index (κ2) is 8.95. The summed E-state index contributed by atoms with van der Waals surface area (Å²) in [5, 5.41) is 4.62. The van der Waals surface area contributed by atoms with Gasteiger partial charge in [0.15, 0.2) is 5.13 Å². The normalized spacial score (nSPS) is 15.4. The van der Waals surface area contributed by atoms with E-state index in [0.717, 1.165) is 44.5 Å². The highest BCUT2D eigenvalue weighted by molar-refractivity contribution is 7.15. The van der Waals surface area contributed by atoms with Crippen molar-refractivity contribution in [1.29, 1.82) is 0 Å². The molecule has 0 radical (unpaired) electrons. The second-order valence-corrected chi connectivity index (χ2v) is 8.63. The van der Waals surface area contributed by atoms with Gasteiger partial charge < -0.3 is 19.7 Å². The maximum Gasteiger partial charge on any atom is 0.185 e. The molecule has 1 aliphatic heterocycles. The van der Waals surface area contributed by atoms with Crippen LogP contribution in [0.25, 0.3) is 0 Å². The minimum absolute atomic E-state index is 0.112. The van der Waals surface area contributed by atoms with Crippen LogP contribution in [-0.2, 0) is 29.2 Å². The van der Waals surface area contributed by atoms with E-state index in [1.807, 2.05) is 6.20 Å². The third-order valence-electron chi connectivity index (χ3n) is 4.11. The lowest BCUT2D eigenvalue weighted by Gasteiger charge is -2.25. The van der Waals surface area contributed by atoms with Gasteiger partial charge in [0.05, 0.1) is 25.4 Å². The van der Waals surface area contributed by atoms with Crippen molar-refractivity contribution in [2.24, 2.45) is 0 Å². The molecule has 1 aromatic carbocycles. The summed E-state index contributed by atoms with van der Waals surface area (Å²) in [5.41, 5.74) is 2.38. The number of nitrogens with one attached hydrogen (secondary N) is 1. The highest BCUT2D eigenvalue weighted by atomic mass is 32.1. The van der Waals surface area contributed by atoms with E-state index in [1.165, 1.54) is 16.0 Å². The largest absolute Gasteiger partial charge is 0.378 e. The smallest absolute Gasteiger partial charge is 0.185 e. The van der Waals surface area contributed by atoms with Crippen molar-refractivity contribution < 1.29 is 9.47 Å². The maximum absolute atomic E-state index is 5.86. The van der Waals surface area contributed by atoms with Gasteiger partial charge in [-0.2, -0.15) is 0 Å². The minimum atomic E-state index is -0.112. The zero-order valence-electron chi connectivity index (χ0n) is 16.0. The molecule has 0 amide bonds. The van der Waals surface area contributed by atoms with Crippen molar-refractivity contribution in [2.75, 3.05) is 31.2 Å². The van der Waals surface area contributed by atoms with Gasteiger partial charge in [-0.3, -0.25) is 0 Å². The fourth-order valence-corrected chi connectivity index (χ4v) is 3.67. The van der Waals surface area contributed by atoms with Crippen LogP contribution in [0, 0.1) is 0 Å². The quantitative estimate of drug-likeness (QED) is 0.801. The molecule has 1 aliphatic rings. The number of ether oxygens (including phenoxy) is 2. The highest BCUT2D eigenvalue weighted by Gasteiger charge is 2.14. The van der Waals surface area contributed by atoms with E-state index >= 15 is 0 Å². The van der Waals surface area contributed by atoms with Crippen LogP contribution in [0.2, 0.25) is 0 Å². The fraction of sp³-hybridized carbons (Fsp3) is 0.550. The van der Waals surface area contributed by atoms with Crippen LogP contribution in [0.15, 0.2) is 30.5 Å². The number of hydrogen-bond donors (Lipinski definition) is 1. The Kier molecular flexibility index (Phi) is 6.64. The summed E-state index contributed by atoms with van der Waals surface area (Å²) in [4.78, 5) is 8.12. The molecule has 0 unspecified atom stereocenters. The van der Waals surface area contributed by atoms with E-state index in [-0.39, 0.29) is 5.60 Å². The van der Waals surface area contributed by atoms with Crippen LogP contribution in [0.4, 0.5) is 5.13 Å². The summed E-state index contributed by atoms with van der Waals surface area (Å²) in [6.45, 7) is 12.0. The Morgan fingerprint density at radius 3 is 2.73 bits per heavy atom. The maximum atomic E-state index is 5.86. The SMILES string of the molecule is CC(C)(C)OCc1cccc(CNCc2cnc(N3CCOCC3)s2)c1. The van der Waals surface area contributed by atoms with Gasteiger partial charge in [0.25, 0.3) is 0 Å². The number of thiazole rings is 1. The van der Waals surface area contributed by atoms with Gasteiger partial charge >= 0.3 is 0 Å². The first-order valence-corrected chi connectivity index (χ1v) is 10.0. The number of rotatable bonds is 7. The van der Waals surface area contributed by atoms with Crippen LogP contribution in [0.5, 0.6) is 0 Å². The molecule has 26 heavy (non-hydrogen) atoms. The second-order valence-electron chi connectivity index (χ2n) is 7.53. The summed E-state index contributed by atoms with van der Waals surface area (Å²) in [6, 6.07) is 8.58. The van der Waals surface area contributed by atoms with Crippen LogP contribution >= 0.6 is 11.3 Å². The first kappa shape index (κ1) is 19.3. The van der Waals surface area contributed by atoms with E-state index in [4.69, 9.17) is 9.47 Å². The highest BCUT2D eigenvalue weighted by Crippen LogP contribution is 2.23. The number of anilines is 1. The van der Waals surface area contributed by atoms with Gasteiger partial charge in [0, 0.05) is 37.3 Å². The Morgan fingerprint density at radius 2 is 1.96 bits per heavy atom. The lowest BCUT2D eigenvalue weighted by Crippen LogP contribution is -2.36. The van der Waals surface area contributed by atoms with Crippen molar-refractivity contribution in [3.8, 4) is 0 Å². The van der Waals surface area contributed by atoms with Gasteiger partial charge in [-0.05, 0) is 31.9 Å². The first-order chi connectivity index (χ1) is 12.5. The number of morpholine rings is 1. The summed E-state index contributed by atoms with van der Waals surface area (Å²) in [6.07, 6.45) is 1.98. The van der Waals surface area contributed by atoms with Gasteiger partial charge in [0.1, 0.15) is 0 Å². The Morgan fingerprint density at radius 1 is 1.19 bits per heavy atom. The molecule has 0 saturated carbocycles. The average Bonchev–Trinajstić information content (AvgIpc) is 3.10. The average molecular weight is 376 g/mol. The van der Waals surface area contributed by atoms with Crippen LogP contribution in [-0.4, -0.2) is 36.9 Å². The van der Waals surface area contributed by atoms with E-state index in [0.29, 0.717) is 6.61 Å². The standard InChI is InChI=1S/C20H29N3O2S/c1-20(2,3)25-15-17-6-4-5-16(11-17)12-21-13-18-14-22-19(26-18)23-7-9-24-10-8-23/h4-6,11,14,21H,7-10,12-13,15H2,1-3H3. The van der Waals surface area contributed by atoms with E-state index < -0.39 is 0 Å². The molecule has 1 aromatic heterocycles. The molecule has 2 aromatic rings. The summed E-state index contributed by atoms with van der Waals surface area (Å²) in [5.74, 6) is 0. The molecule has 3 rings (SSSR count). The Hall–Kier alpha value is -1.47. The molecule has 0 aliphatic carbocycles. The van der Waals surface area contributed by atoms with Crippen LogP contribution in [0.3, 0.4) is 0 Å². The van der Waals surface area contributed by atoms with Crippen molar-refractivity contribution in [3.63, 3.8) is 0 Å². The number of nitrogens with zero attached hydrogens (tertiary/aromatic N) is 2. The van der Waals surface area contributed by atoms with E-state index in [1.54, 1.807) is 11.3 Å². The minimum Gasteiger partial charge on any atom is -0.378 e. The van der Waals surface area contributed by atoms with Crippen molar-refractivity contribution in [1.82, 2.24) is 10.3 Å². The number of benzene rings is 1. The number of aromatic nitrogens is 1. The first-order valence-electron chi connectivity index (χ1n) is 9.19. The summed E-state index contributed by atoms with van der Waals surface area (Å²) >= 11 is 1.77. The number of hydrogen-bond acceptors (Lipinski definition) is 6. The lowest BCUT2D eigenvalue weighted by molar-refractivity contribution is -0.0149. The van der Waals surface area contributed by atoms with Crippen molar-refractivity contribution >= 4 is 16.5 Å².